The van der Waals surface area contributed by atoms with Crippen LogP contribution in [0, 0.1) is 0 Å². The second-order valence-electron chi connectivity index (χ2n) is 5.05. The van der Waals surface area contributed by atoms with Crippen LogP contribution in [0.2, 0.25) is 0 Å². The molecular weight excluding hydrogens is 242 g/mol. The van der Waals surface area contributed by atoms with Crippen LogP contribution in [0.4, 0.5) is 0 Å². The van der Waals surface area contributed by atoms with Gasteiger partial charge in [0.05, 0.1) is 11.1 Å². The molecule has 4 heteroatoms. The molecular formula is C15H19NO3. The largest absolute Gasteiger partial charge is 0.478 e. The lowest BCUT2D eigenvalue weighted by Crippen LogP contribution is -2.38. The average Bonchev–Trinajstić information content (AvgIpc) is 2.62. The van der Waals surface area contributed by atoms with E-state index >= 15 is 0 Å². The number of rotatable bonds is 2. The normalized spacial score (nSPS) is 19.8. The first-order valence-corrected chi connectivity index (χ1v) is 6.74. The van der Waals surface area contributed by atoms with Crippen LogP contribution in [0.1, 0.15) is 53.3 Å². The van der Waals surface area contributed by atoms with Gasteiger partial charge in [0.25, 0.3) is 5.91 Å². The number of aromatic carboxylic acids is 1. The fourth-order valence-corrected chi connectivity index (χ4v) is 2.59. The highest BCUT2D eigenvalue weighted by molar-refractivity contribution is 6.04. The summed E-state index contributed by atoms with van der Waals surface area (Å²) in [7, 11) is 0. The second-order valence-corrected chi connectivity index (χ2v) is 5.05. The van der Waals surface area contributed by atoms with E-state index in [-0.39, 0.29) is 17.5 Å². The molecule has 0 radical (unpaired) electrons. The number of amides is 1. The van der Waals surface area contributed by atoms with Crippen LogP contribution in [0.15, 0.2) is 24.3 Å². The number of hydrogen-bond donors (Lipinski definition) is 1. The Morgan fingerprint density at radius 3 is 2.53 bits per heavy atom. The van der Waals surface area contributed by atoms with Crippen LogP contribution in [-0.2, 0) is 0 Å². The van der Waals surface area contributed by atoms with Gasteiger partial charge in [-0.15, -0.1) is 0 Å². The molecule has 2 rings (SSSR count). The SMILES string of the molecule is CC1CCCCCN1C(=O)c1ccccc1C(=O)O. The Balaban J connectivity index is 2.30. The predicted octanol–water partition coefficient (Wildman–Crippen LogP) is 2.79. The number of likely N-dealkylation sites (tertiary alicyclic amines) is 1. The van der Waals surface area contributed by atoms with Gasteiger partial charge in [-0.2, -0.15) is 0 Å². The van der Waals surface area contributed by atoms with E-state index in [0.717, 1.165) is 25.7 Å². The summed E-state index contributed by atoms with van der Waals surface area (Å²) in [5.41, 5.74) is 0.382. The maximum absolute atomic E-state index is 12.6. The summed E-state index contributed by atoms with van der Waals surface area (Å²) in [5.74, 6) is -1.21. The zero-order chi connectivity index (χ0) is 13.8. The van der Waals surface area contributed by atoms with Crippen molar-refractivity contribution in [2.45, 2.75) is 38.6 Å². The number of carboxylic acids is 1. The summed E-state index contributed by atoms with van der Waals surface area (Å²) in [4.78, 5) is 25.6. The highest BCUT2D eigenvalue weighted by Crippen LogP contribution is 2.20. The smallest absolute Gasteiger partial charge is 0.336 e. The Bertz CT molecular complexity index is 484. The fourth-order valence-electron chi connectivity index (χ4n) is 2.59. The standard InChI is InChI=1S/C15H19NO3/c1-11-7-3-2-6-10-16(11)14(17)12-8-4-5-9-13(12)15(18)19/h4-5,8-9,11H,2-3,6-7,10H2,1H3,(H,18,19). The summed E-state index contributed by atoms with van der Waals surface area (Å²) in [6, 6.07) is 6.62. The third kappa shape index (κ3) is 2.95. The molecule has 0 aliphatic carbocycles. The molecule has 1 saturated heterocycles. The van der Waals surface area contributed by atoms with E-state index in [1.807, 2.05) is 11.8 Å². The topological polar surface area (TPSA) is 57.6 Å². The molecule has 0 aromatic heterocycles. The lowest BCUT2D eigenvalue weighted by Gasteiger charge is -2.27. The van der Waals surface area contributed by atoms with E-state index < -0.39 is 5.97 Å². The van der Waals surface area contributed by atoms with Crippen LogP contribution in [0.3, 0.4) is 0 Å². The van der Waals surface area contributed by atoms with Gasteiger partial charge in [0.15, 0.2) is 0 Å². The molecule has 102 valence electrons. The molecule has 1 atom stereocenters. The Hall–Kier alpha value is -1.84. The van der Waals surface area contributed by atoms with Crippen molar-refractivity contribution in [1.29, 1.82) is 0 Å². The minimum Gasteiger partial charge on any atom is -0.478 e. The van der Waals surface area contributed by atoms with Crippen molar-refractivity contribution >= 4 is 11.9 Å². The van der Waals surface area contributed by atoms with Crippen molar-refractivity contribution in [2.75, 3.05) is 6.54 Å². The average molecular weight is 261 g/mol. The zero-order valence-electron chi connectivity index (χ0n) is 11.1. The van der Waals surface area contributed by atoms with Gasteiger partial charge in [-0.3, -0.25) is 4.79 Å². The summed E-state index contributed by atoms with van der Waals surface area (Å²) >= 11 is 0. The van der Waals surface area contributed by atoms with Crippen LogP contribution in [0.25, 0.3) is 0 Å². The molecule has 1 unspecified atom stereocenters. The Morgan fingerprint density at radius 2 is 1.84 bits per heavy atom. The Morgan fingerprint density at radius 1 is 1.16 bits per heavy atom. The quantitative estimate of drug-likeness (QED) is 0.890. The third-order valence-corrected chi connectivity index (χ3v) is 3.70. The van der Waals surface area contributed by atoms with Crippen LogP contribution < -0.4 is 0 Å². The number of carbonyl (C=O) groups excluding carboxylic acids is 1. The van der Waals surface area contributed by atoms with Gasteiger partial charge in [0, 0.05) is 12.6 Å². The lowest BCUT2D eigenvalue weighted by molar-refractivity contribution is 0.0654. The highest BCUT2D eigenvalue weighted by atomic mass is 16.4. The van der Waals surface area contributed by atoms with E-state index in [0.29, 0.717) is 12.1 Å². The number of carboxylic acid groups (broad SMARTS) is 1. The van der Waals surface area contributed by atoms with Crippen molar-refractivity contribution in [3.05, 3.63) is 35.4 Å². The molecule has 19 heavy (non-hydrogen) atoms. The lowest BCUT2D eigenvalue weighted by atomic mass is 10.0. The van der Waals surface area contributed by atoms with E-state index in [2.05, 4.69) is 0 Å². The number of carbonyl (C=O) groups is 2. The predicted molar refractivity (Wildman–Crippen MR) is 72.4 cm³/mol. The summed E-state index contributed by atoms with van der Waals surface area (Å²) in [6.07, 6.45) is 4.24. The number of nitrogens with zero attached hydrogens (tertiary/aromatic N) is 1. The fraction of sp³-hybridized carbons (Fsp3) is 0.467. The maximum atomic E-state index is 12.6. The molecule has 1 amide bonds. The number of hydrogen-bond acceptors (Lipinski definition) is 2. The second kappa shape index (κ2) is 5.87. The molecule has 0 bridgehead atoms. The first kappa shape index (κ1) is 13.6. The monoisotopic (exact) mass is 261 g/mol. The molecule has 1 aromatic carbocycles. The molecule has 1 fully saturated rings. The molecule has 1 aliphatic heterocycles. The van der Waals surface area contributed by atoms with Crippen molar-refractivity contribution in [2.24, 2.45) is 0 Å². The van der Waals surface area contributed by atoms with Gasteiger partial charge in [-0.1, -0.05) is 25.0 Å². The van der Waals surface area contributed by atoms with Crippen molar-refractivity contribution < 1.29 is 14.7 Å². The Kier molecular flexibility index (Phi) is 4.20. The molecule has 0 saturated carbocycles. The highest BCUT2D eigenvalue weighted by Gasteiger charge is 2.25. The molecule has 1 N–H and O–H groups in total. The summed E-state index contributed by atoms with van der Waals surface area (Å²) in [5, 5.41) is 9.16. The summed E-state index contributed by atoms with van der Waals surface area (Å²) in [6.45, 7) is 2.75. The molecule has 1 aliphatic rings. The third-order valence-electron chi connectivity index (χ3n) is 3.70. The molecule has 1 aromatic rings. The van der Waals surface area contributed by atoms with E-state index in [4.69, 9.17) is 5.11 Å². The first-order chi connectivity index (χ1) is 9.11. The summed E-state index contributed by atoms with van der Waals surface area (Å²) < 4.78 is 0. The van der Waals surface area contributed by atoms with E-state index in [9.17, 15) is 9.59 Å². The zero-order valence-corrected chi connectivity index (χ0v) is 11.1. The van der Waals surface area contributed by atoms with Gasteiger partial charge in [-0.05, 0) is 31.9 Å². The van der Waals surface area contributed by atoms with E-state index in [1.165, 1.54) is 6.07 Å². The van der Waals surface area contributed by atoms with Gasteiger partial charge in [-0.25, -0.2) is 4.79 Å². The molecule has 4 nitrogen and oxygen atoms in total. The Labute approximate surface area is 113 Å². The van der Waals surface area contributed by atoms with Gasteiger partial charge >= 0.3 is 5.97 Å². The first-order valence-electron chi connectivity index (χ1n) is 6.74. The molecule has 0 spiro atoms. The minimum absolute atomic E-state index is 0.0870. The maximum Gasteiger partial charge on any atom is 0.336 e. The minimum atomic E-state index is -1.05. The van der Waals surface area contributed by atoms with E-state index in [1.54, 1.807) is 18.2 Å². The van der Waals surface area contributed by atoms with Gasteiger partial charge in [0.2, 0.25) is 0 Å². The van der Waals surface area contributed by atoms with Crippen LogP contribution >= 0.6 is 0 Å². The molecule has 1 heterocycles. The van der Waals surface area contributed by atoms with Crippen molar-refractivity contribution in [1.82, 2.24) is 4.90 Å². The number of benzene rings is 1. The van der Waals surface area contributed by atoms with Crippen LogP contribution in [-0.4, -0.2) is 34.5 Å². The van der Waals surface area contributed by atoms with Gasteiger partial charge in [0.1, 0.15) is 0 Å². The van der Waals surface area contributed by atoms with Gasteiger partial charge < -0.3 is 10.0 Å². The van der Waals surface area contributed by atoms with Crippen molar-refractivity contribution in [3.8, 4) is 0 Å². The van der Waals surface area contributed by atoms with Crippen molar-refractivity contribution in [3.63, 3.8) is 0 Å². The van der Waals surface area contributed by atoms with Crippen LogP contribution in [0.5, 0.6) is 0 Å².